The molecule has 0 unspecified atom stereocenters. The second-order valence-electron chi connectivity index (χ2n) is 6.20. The molecule has 1 fully saturated rings. The quantitative estimate of drug-likeness (QED) is 0.775. The van der Waals surface area contributed by atoms with Gasteiger partial charge in [-0.25, -0.2) is 9.97 Å². The summed E-state index contributed by atoms with van der Waals surface area (Å²) in [5.74, 6) is -0.430. The van der Waals surface area contributed by atoms with Crippen molar-refractivity contribution in [3.63, 3.8) is 0 Å². The highest BCUT2D eigenvalue weighted by molar-refractivity contribution is 5.93. The van der Waals surface area contributed by atoms with Crippen LogP contribution in [0.2, 0.25) is 0 Å². The fourth-order valence-electron chi connectivity index (χ4n) is 2.91. The minimum Gasteiger partial charge on any atom is -0.350 e. The maximum absolute atomic E-state index is 12.7. The topological polar surface area (TPSA) is 76.9 Å². The summed E-state index contributed by atoms with van der Waals surface area (Å²) in [6.07, 6.45) is 4.22. The van der Waals surface area contributed by atoms with Crippen LogP contribution in [0.1, 0.15) is 34.9 Å². The van der Waals surface area contributed by atoms with Gasteiger partial charge in [0.05, 0.1) is 0 Å². The first-order chi connectivity index (χ1) is 12.2. The van der Waals surface area contributed by atoms with Crippen LogP contribution in [-0.4, -0.2) is 27.0 Å². The standard InChI is InChI=1S/C19H18N4O2/c24-18(21-12-10-13-5-2-1-3-6-13)16-19(25)23(14-8-9-14)17-15(22-16)7-4-11-20-17/h1-7,11,14H,8-10,12H2,(H,21,24). The average Bonchev–Trinajstić information content (AvgIpc) is 3.47. The molecule has 3 aromatic rings. The number of hydrogen-bond acceptors (Lipinski definition) is 4. The normalized spacial score (nSPS) is 13.8. The van der Waals surface area contributed by atoms with Gasteiger partial charge in [0, 0.05) is 18.8 Å². The highest BCUT2D eigenvalue weighted by Gasteiger charge is 2.29. The predicted octanol–water partition coefficient (Wildman–Crippen LogP) is 2.10. The first-order valence-corrected chi connectivity index (χ1v) is 8.43. The number of carbonyl (C=O) groups excluding carboxylic acids is 1. The first kappa shape index (κ1) is 15.5. The van der Waals surface area contributed by atoms with Crippen LogP contribution in [0.15, 0.2) is 53.5 Å². The zero-order chi connectivity index (χ0) is 17.2. The molecule has 4 rings (SSSR count). The lowest BCUT2D eigenvalue weighted by Crippen LogP contribution is -2.35. The lowest BCUT2D eigenvalue weighted by Gasteiger charge is -2.10. The highest BCUT2D eigenvalue weighted by atomic mass is 16.2. The summed E-state index contributed by atoms with van der Waals surface area (Å²) >= 11 is 0. The number of benzene rings is 1. The van der Waals surface area contributed by atoms with Crippen molar-refractivity contribution in [3.05, 3.63) is 70.3 Å². The van der Waals surface area contributed by atoms with E-state index in [1.165, 1.54) is 0 Å². The number of hydrogen-bond donors (Lipinski definition) is 1. The molecule has 1 aliphatic carbocycles. The van der Waals surface area contributed by atoms with Crippen LogP contribution < -0.4 is 10.9 Å². The van der Waals surface area contributed by atoms with E-state index in [0.717, 1.165) is 18.4 Å². The molecule has 6 nitrogen and oxygen atoms in total. The molecular weight excluding hydrogens is 316 g/mol. The number of nitrogens with one attached hydrogen (secondary N) is 1. The number of nitrogens with zero attached hydrogens (tertiary/aromatic N) is 3. The third kappa shape index (κ3) is 3.15. The molecule has 0 atom stereocenters. The average molecular weight is 334 g/mol. The zero-order valence-corrected chi connectivity index (χ0v) is 13.7. The Morgan fingerprint density at radius 1 is 1.16 bits per heavy atom. The Hall–Kier alpha value is -3.02. The fourth-order valence-corrected chi connectivity index (χ4v) is 2.91. The van der Waals surface area contributed by atoms with Crippen molar-refractivity contribution in [2.45, 2.75) is 25.3 Å². The summed E-state index contributed by atoms with van der Waals surface area (Å²) in [4.78, 5) is 33.8. The summed E-state index contributed by atoms with van der Waals surface area (Å²) in [5.41, 5.74) is 1.85. The van der Waals surface area contributed by atoms with Crippen molar-refractivity contribution in [2.24, 2.45) is 0 Å². The van der Waals surface area contributed by atoms with E-state index in [1.54, 1.807) is 22.9 Å². The van der Waals surface area contributed by atoms with Gasteiger partial charge < -0.3 is 5.32 Å². The van der Waals surface area contributed by atoms with Crippen LogP contribution >= 0.6 is 0 Å². The second-order valence-corrected chi connectivity index (χ2v) is 6.20. The molecule has 1 saturated carbocycles. The molecule has 25 heavy (non-hydrogen) atoms. The summed E-state index contributed by atoms with van der Waals surface area (Å²) in [7, 11) is 0. The number of aromatic nitrogens is 3. The van der Waals surface area contributed by atoms with Gasteiger partial charge >= 0.3 is 0 Å². The van der Waals surface area contributed by atoms with Crippen LogP contribution in [0.4, 0.5) is 0 Å². The van der Waals surface area contributed by atoms with Crippen LogP contribution in [0.3, 0.4) is 0 Å². The van der Waals surface area contributed by atoms with Gasteiger partial charge in [-0.2, -0.15) is 0 Å². The SMILES string of the molecule is O=C(NCCc1ccccc1)c1nc2cccnc2n(C2CC2)c1=O. The van der Waals surface area contributed by atoms with Gasteiger partial charge in [-0.3, -0.25) is 14.2 Å². The van der Waals surface area contributed by atoms with E-state index >= 15 is 0 Å². The van der Waals surface area contributed by atoms with E-state index in [9.17, 15) is 9.59 Å². The Kier molecular flexibility index (Phi) is 4.01. The maximum Gasteiger partial charge on any atom is 0.284 e. The van der Waals surface area contributed by atoms with Crippen LogP contribution in [0.5, 0.6) is 0 Å². The molecule has 2 aromatic heterocycles. The molecule has 126 valence electrons. The van der Waals surface area contributed by atoms with Crippen LogP contribution in [0, 0.1) is 0 Å². The van der Waals surface area contributed by atoms with Gasteiger partial charge in [0.1, 0.15) is 5.52 Å². The molecule has 1 amide bonds. The van der Waals surface area contributed by atoms with E-state index in [-0.39, 0.29) is 17.3 Å². The Bertz CT molecular complexity index is 978. The molecule has 2 heterocycles. The fraction of sp³-hybridized carbons (Fsp3) is 0.263. The van der Waals surface area contributed by atoms with Gasteiger partial charge in [-0.1, -0.05) is 30.3 Å². The third-order valence-electron chi connectivity index (χ3n) is 4.32. The molecule has 1 aromatic carbocycles. The molecule has 0 radical (unpaired) electrons. The molecule has 6 heteroatoms. The lowest BCUT2D eigenvalue weighted by atomic mass is 10.1. The minimum atomic E-state index is -0.430. The summed E-state index contributed by atoms with van der Waals surface area (Å²) in [6.45, 7) is 0.457. The number of pyridine rings is 1. The zero-order valence-electron chi connectivity index (χ0n) is 13.7. The smallest absolute Gasteiger partial charge is 0.284 e. The number of fused-ring (bicyclic) bond motifs is 1. The summed E-state index contributed by atoms with van der Waals surface area (Å²) in [5, 5.41) is 2.80. The van der Waals surface area contributed by atoms with Gasteiger partial charge in [-0.05, 0) is 37.0 Å². The van der Waals surface area contributed by atoms with Crippen LogP contribution in [-0.2, 0) is 6.42 Å². The molecule has 0 saturated heterocycles. The van der Waals surface area contributed by atoms with Gasteiger partial charge in [0.15, 0.2) is 11.3 Å². The number of amides is 1. The summed E-state index contributed by atoms with van der Waals surface area (Å²) in [6, 6.07) is 13.6. The Morgan fingerprint density at radius 2 is 1.96 bits per heavy atom. The van der Waals surface area contributed by atoms with E-state index in [2.05, 4.69) is 15.3 Å². The van der Waals surface area contributed by atoms with E-state index in [0.29, 0.717) is 24.1 Å². The number of carbonyl (C=O) groups is 1. The second kappa shape index (κ2) is 6.47. The first-order valence-electron chi connectivity index (χ1n) is 8.43. The lowest BCUT2D eigenvalue weighted by molar-refractivity contribution is 0.0947. The van der Waals surface area contributed by atoms with Gasteiger partial charge in [0.2, 0.25) is 0 Å². The Balaban J connectivity index is 1.59. The van der Waals surface area contributed by atoms with Crippen molar-refractivity contribution in [2.75, 3.05) is 6.54 Å². The molecule has 0 spiro atoms. The molecule has 0 bridgehead atoms. The van der Waals surface area contributed by atoms with Crippen molar-refractivity contribution in [3.8, 4) is 0 Å². The Morgan fingerprint density at radius 3 is 2.72 bits per heavy atom. The van der Waals surface area contributed by atoms with E-state index in [1.807, 2.05) is 30.3 Å². The van der Waals surface area contributed by atoms with Crippen LogP contribution in [0.25, 0.3) is 11.2 Å². The predicted molar refractivity (Wildman–Crippen MR) is 94.5 cm³/mol. The Labute approximate surface area is 144 Å². The third-order valence-corrected chi connectivity index (χ3v) is 4.32. The van der Waals surface area contributed by atoms with Gasteiger partial charge in [-0.15, -0.1) is 0 Å². The highest BCUT2D eigenvalue weighted by Crippen LogP contribution is 2.35. The summed E-state index contributed by atoms with van der Waals surface area (Å²) < 4.78 is 1.62. The van der Waals surface area contributed by atoms with Gasteiger partial charge in [0.25, 0.3) is 11.5 Å². The molecule has 1 N–H and O–H groups in total. The molecule has 0 aliphatic heterocycles. The largest absolute Gasteiger partial charge is 0.350 e. The van der Waals surface area contributed by atoms with Crippen molar-refractivity contribution < 1.29 is 4.79 Å². The maximum atomic E-state index is 12.7. The molecule has 1 aliphatic rings. The van der Waals surface area contributed by atoms with Crippen molar-refractivity contribution in [1.82, 2.24) is 19.9 Å². The number of rotatable bonds is 5. The monoisotopic (exact) mass is 334 g/mol. The van der Waals surface area contributed by atoms with Crippen molar-refractivity contribution >= 4 is 17.1 Å². The van der Waals surface area contributed by atoms with E-state index in [4.69, 9.17) is 0 Å². The van der Waals surface area contributed by atoms with Crippen molar-refractivity contribution in [1.29, 1.82) is 0 Å². The molecular formula is C19H18N4O2. The van der Waals surface area contributed by atoms with E-state index < -0.39 is 5.91 Å². The minimum absolute atomic E-state index is 0.0551.